The fourth-order valence-corrected chi connectivity index (χ4v) is 4.75. The number of aliphatic hydroxyl groups excluding tert-OH is 1. The first-order chi connectivity index (χ1) is 17.4. The molecule has 1 aliphatic carbocycles. The van der Waals surface area contributed by atoms with Gasteiger partial charge in [0.1, 0.15) is 0 Å². The second-order valence-electron chi connectivity index (χ2n) is 8.49. The fraction of sp³-hybridized carbons (Fsp3) is 0.179. The summed E-state index contributed by atoms with van der Waals surface area (Å²) in [6.07, 6.45) is 5.55. The number of hydrogen-bond donors (Lipinski definition) is 3. The molecule has 1 aliphatic rings. The molecular formula is C28H25Cl2N3O3. The van der Waals surface area contributed by atoms with E-state index in [0.717, 1.165) is 5.56 Å². The van der Waals surface area contributed by atoms with E-state index in [0.29, 0.717) is 28.4 Å². The lowest BCUT2D eigenvalue weighted by Crippen LogP contribution is -2.43. The van der Waals surface area contributed by atoms with Gasteiger partial charge in [0.05, 0.1) is 28.3 Å². The molecule has 0 saturated heterocycles. The summed E-state index contributed by atoms with van der Waals surface area (Å²) in [6.45, 7) is -0.0389. The van der Waals surface area contributed by atoms with Gasteiger partial charge in [0, 0.05) is 35.4 Å². The van der Waals surface area contributed by atoms with Crippen LogP contribution < -0.4 is 10.6 Å². The van der Waals surface area contributed by atoms with Crippen molar-refractivity contribution in [3.05, 3.63) is 106 Å². The van der Waals surface area contributed by atoms with E-state index in [1.807, 2.05) is 48.5 Å². The third-order valence-electron chi connectivity index (χ3n) is 5.95. The average molecular weight is 522 g/mol. The molecule has 2 amide bonds. The molecular weight excluding hydrogens is 497 g/mol. The summed E-state index contributed by atoms with van der Waals surface area (Å²) in [7, 11) is 0. The molecule has 1 atom stereocenters. The summed E-state index contributed by atoms with van der Waals surface area (Å²) in [6, 6.07) is 20.3. The highest BCUT2D eigenvalue weighted by Crippen LogP contribution is 2.40. The number of hydrogen-bond acceptors (Lipinski definition) is 4. The minimum Gasteiger partial charge on any atom is -0.395 e. The van der Waals surface area contributed by atoms with Crippen LogP contribution in [0.3, 0.4) is 0 Å². The zero-order valence-corrected chi connectivity index (χ0v) is 20.9. The zero-order valence-electron chi connectivity index (χ0n) is 19.4. The molecule has 0 aliphatic heterocycles. The van der Waals surface area contributed by atoms with Crippen LogP contribution in [0.25, 0.3) is 11.3 Å². The molecule has 6 nitrogen and oxygen atoms in total. The van der Waals surface area contributed by atoms with E-state index in [-0.39, 0.29) is 36.1 Å². The van der Waals surface area contributed by atoms with Crippen LogP contribution in [0.15, 0.2) is 95.7 Å². The predicted octanol–water partition coefficient (Wildman–Crippen LogP) is 5.13. The van der Waals surface area contributed by atoms with Gasteiger partial charge in [0.25, 0.3) is 5.91 Å². The quantitative estimate of drug-likeness (QED) is 0.383. The lowest BCUT2D eigenvalue weighted by Gasteiger charge is -2.32. The molecule has 36 heavy (non-hydrogen) atoms. The molecule has 1 heterocycles. The number of aromatic nitrogens is 1. The highest BCUT2D eigenvalue weighted by atomic mass is 35.5. The second-order valence-corrected chi connectivity index (χ2v) is 9.35. The molecule has 184 valence electrons. The monoisotopic (exact) mass is 521 g/mol. The normalized spacial score (nSPS) is 17.1. The van der Waals surface area contributed by atoms with Crippen LogP contribution in [0.4, 0.5) is 5.69 Å². The molecule has 2 aromatic carbocycles. The number of rotatable bonds is 8. The first kappa shape index (κ1) is 25.6. The molecule has 0 fully saturated rings. The van der Waals surface area contributed by atoms with Crippen LogP contribution in [0.1, 0.15) is 12.0 Å². The summed E-state index contributed by atoms with van der Waals surface area (Å²) < 4.78 is 0. The summed E-state index contributed by atoms with van der Waals surface area (Å²) >= 11 is 13.0. The third kappa shape index (κ3) is 5.85. The number of halogens is 2. The first-order valence-corrected chi connectivity index (χ1v) is 12.2. The lowest BCUT2D eigenvalue weighted by atomic mass is 9.74. The van der Waals surface area contributed by atoms with Gasteiger partial charge < -0.3 is 15.7 Å². The van der Waals surface area contributed by atoms with Crippen LogP contribution in [-0.2, 0) is 16.0 Å². The van der Waals surface area contributed by atoms with E-state index >= 15 is 0 Å². The average Bonchev–Trinajstić information content (AvgIpc) is 2.89. The predicted molar refractivity (Wildman–Crippen MR) is 143 cm³/mol. The van der Waals surface area contributed by atoms with E-state index in [9.17, 15) is 14.7 Å². The van der Waals surface area contributed by atoms with E-state index < -0.39 is 11.3 Å². The standard InChI is InChI=1S/C28H25Cl2N3O3/c29-23-10-9-20(16-22(23)25-8-4-5-13-31-25)33-26(35)21-11-12-28(18-24(21)30,27(36)32-14-15-34)17-19-6-2-1-3-7-19/h1-13,16,34H,14-15,17-18H2,(H,32,36)(H,33,35). The molecule has 4 rings (SSSR count). The van der Waals surface area contributed by atoms with E-state index in [2.05, 4.69) is 15.6 Å². The number of nitrogens with zero attached hydrogens (tertiary/aromatic N) is 1. The largest absolute Gasteiger partial charge is 0.395 e. The van der Waals surface area contributed by atoms with Crippen molar-refractivity contribution in [1.82, 2.24) is 10.3 Å². The highest BCUT2D eigenvalue weighted by molar-refractivity contribution is 6.34. The summed E-state index contributed by atoms with van der Waals surface area (Å²) in [5.41, 5.74) is 2.18. The number of aliphatic hydroxyl groups is 1. The number of anilines is 1. The SMILES string of the molecule is O=C(Nc1ccc(Cl)c(-c2ccccn2)c1)C1=C(Cl)CC(Cc2ccccc2)(C(=O)NCCO)C=C1. The van der Waals surface area contributed by atoms with Crippen molar-refractivity contribution in [3.63, 3.8) is 0 Å². The van der Waals surface area contributed by atoms with Gasteiger partial charge in [-0.25, -0.2) is 0 Å². The molecule has 3 N–H and O–H groups in total. The Morgan fingerprint density at radius 2 is 1.81 bits per heavy atom. The van der Waals surface area contributed by atoms with Gasteiger partial charge in [0.2, 0.25) is 5.91 Å². The Balaban J connectivity index is 1.56. The Kier molecular flexibility index (Phi) is 8.21. The van der Waals surface area contributed by atoms with Crippen molar-refractivity contribution in [2.75, 3.05) is 18.5 Å². The van der Waals surface area contributed by atoms with Gasteiger partial charge in [-0.3, -0.25) is 14.6 Å². The maximum absolute atomic E-state index is 13.1. The molecule has 0 bridgehead atoms. The van der Waals surface area contributed by atoms with E-state index in [4.69, 9.17) is 23.2 Å². The van der Waals surface area contributed by atoms with Gasteiger partial charge in [0.15, 0.2) is 0 Å². The van der Waals surface area contributed by atoms with Gasteiger partial charge in [-0.2, -0.15) is 0 Å². The fourth-order valence-electron chi connectivity index (χ4n) is 4.15. The Morgan fingerprint density at radius 3 is 2.50 bits per heavy atom. The van der Waals surface area contributed by atoms with Crippen LogP contribution in [-0.4, -0.2) is 35.1 Å². The molecule has 8 heteroatoms. The minimum atomic E-state index is -0.982. The number of pyridine rings is 1. The molecule has 0 saturated carbocycles. The Labute approximate surface area is 219 Å². The van der Waals surface area contributed by atoms with Gasteiger partial charge >= 0.3 is 0 Å². The molecule has 0 radical (unpaired) electrons. The minimum absolute atomic E-state index is 0.132. The van der Waals surface area contributed by atoms with Gasteiger partial charge in [-0.1, -0.05) is 71.8 Å². The number of carbonyl (C=O) groups excluding carboxylic acids is 2. The third-order valence-corrected chi connectivity index (χ3v) is 6.62. The second kappa shape index (κ2) is 11.5. The van der Waals surface area contributed by atoms with E-state index in [1.165, 1.54) is 0 Å². The molecule has 1 unspecified atom stereocenters. The van der Waals surface area contributed by atoms with Crippen molar-refractivity contribution in [3.8, 4) is 11.3 Å². The van der Waals surface area contributed by atoms with Crippen molar-refractivity contribution in [2.45, 2.75) is 12.8 Å². The van der Waals surface area contributed by atoms with Crippen molar-refractivity contribution in [2.24, 2.45) is 5.41 Å². The topological polar surface area (TPSA) is 91.3 Å². The Bertz CT molecular complexity index is 1310. The number of carbonyl (C=O) groups is 2. The Morgan fingerprint density at radius 1 is 1.03 bits per heavy atom. The van der Waals surface area contributed by atoms with Gasteiger partial charge in [-0.05, 0) is 42.3 Å². The van der Waals surface area contributed by atoms with E-state index in [1.54, 1.807) is 36.5 Å². The number of nitrogens with one attached hydrogen (secondary N) is 2. The van der Waals surface area contributed by atoms with Crippen molar-refractivity contribution >= 4 is 40.7 Å². The summed E-state index contributed by atoms with van der Waals surface area (Å²) in [5.74, 6) is -0.651. The number of allylic oxidation sites excluding steroid dienone is 1. The maximum atomic E-state index is 13.1. The zero-order chi connectivity index (χ0) is 25.5. The summed E-state index contributed by atoms with van der Waals surface area (Å²) in [4.78, 5) is 30.6. The molecule has 1 aromatic heterocycles. The molecule has 3 aromatic rings. The maximum Gasteiger partial charge on any atom is 0.256 e. The van der Waals surface area contributed by atoms with Crippen LogP contribution in [0, 0.1) is 5.41 Å². The lowest BCUT2D eigenvalue weighted by molar-refractivity contribution is -0.128. The first-order valence-electron chi connectivity index (χ1n) is 11.5. The Hall–Kier alpha value is -3.45. The summed E-state index contributed by atoms with van der Waals surface area (Å²) in [5, 5.41) is 15.6. The van der Waals surface area contributed by atoms with Crippen LogP contribution in [0.5, 0.6) is 0 Å². The van der Waals surface area contributed by atoms with Crippen molar-refractivity contribution in [1.29, 1.82) is 0 Å². The van der Waals surface area contributed by atoms with Crippen LogP contribution >= 0.6 is 23.2 Å². The van der Waals surface area contributed by atoms with Gasteiger partial charge in [-0.15, -0.1) is 0 Å². The highest BCUT2D eigenvalue weighted by Gasteiger charge is 2.40. The number of benzene rings is 2. The smallest absolute Gasteiger partial charge is 0.256 e. The molecule has 0 spiro atoms. The van der Waals surface area contributed by atoms with Crippen LogP contribution in [0.2, 0.25) is 5.02 Å². The van der Waals surface area contributed by atoms with Crippen molar-refractivity contribution < 1.29 is 14.7 Å². The number of amides is 2.